The molecule has 158 valence electrons. The van der Waals surface area contributed by atoms with E-state index < -0.39 is 0 Å². The van der Waals surface area contributed by atoms with Crippen LogP contribution in [0.5, 0.6) is 0 Å². The molecule has 3 aliphatic heterocycles. The number of carbonyl (C=O) groups excluding carboxylic acids is 2. The molecule has 0 radical (unpaired) electrons. The van der Waals surface area contributed by atoms with Crippen molar-refractivity contribution >= 4 is 23.2 Å². The van der Waals surface area contributed by atoms with Gasteiger partial charge in [0, 0.05) is 31.6 Å². The molecule has 1 aromatic heterocycles. The Morgan fingerprint density at radius 1 is 1.14 bits per heavy atom. The lowest BCUT2D eigenvalue weighted by Gasteiger charge is -2.57. The molecular weight excluding hydrogens is 382 g/mol. The van der Waals surface area contributed by atoms with Crippen LogP contribution in [-0.2, 0) is 4.79 Å². The zero-order valence-electron chi connectivity index (χ0n) is 17.5. The van der Waals surface area contributed by atoms with Crippen molar-refractivity contribution in [2.75, 3.05) is 13.1 Å². The van der Waals surface area contributed by atoms with Gasteiger partial charge in [0.2, 0.25) is 5.91 Å². The third-order valence-electron chi connectivity index (χ3n) is 7.92. The summed E-state index contributed by atoms with van der Waals surface area (Å²) < 4.78 is 0. The third-order valence-corrected chi connectivity index (χ3v) is 8.82. The van der Waals surface area contributed by atoms with E-state index in [9.17, 15) is 9.59 Å². The molecule has 5 rings (SSSR count). The van der Waals surface area contributed by atoms with Gasteiger partial charge in [0.1, 0.15) is 4.88 Å². The van der Waals surface area contributed by atoms with E-state index in [2.05, 4.69) is 14.8 Å². The quantitative estimate of drug-likeness (QED) is 0.741. The third kappa shape index (κ3) is 3.73. The van der Waals surface area contributed by atoms with E-state index in [1.807, 2.05) is 6.92 Å². The Labute approximate surface area is 177 Å². The van der Waals surface area contributed by atoms with Crippen molar-refractivity contribution in [3.63, 3.8) is 0 Å². The Kier molecular flexibility index (Phi) is 5.39. The molecule has 3 saturated heterocycles. The van der Waals surface area contributed by atoms with Gasteiger partial charge in [0.25, 0.3) is 5.91 Å². The Morgan fingerprint density at radius 3 is 2.69 bits per heavy atom. The van der Waals surface area contributed by atoms with Gasteiger partial charge in [-0.05, 0) is 50.4 Å². The van der Waals surface area contributed by atoms with E-state index in [0.29, 0.717) is 29.8 Å². The van der Waals surface area contributed by atoms with Crippen molar-refractivity contribution in [1.82, 2.24) is 14.8 Å². The summed E-state index contributed by atoms with van der Waals surface area (Å²) in [5, 5.41) is 0.949. The van der Waals surface area contributed by atoms with Crippen LogP contribution in [-0.4, -0.2) is 51.8 Å². The zero-order valence-corrected chi connectivity index (χ0v) is 18.3. The summed E-state index contributed by atoms with van der Waals surface area (Å²) in [5.74, 6) is 2.17. The van der Waals surface area contributed by atoms with Crippen LogP contribution in [0.2, 0.25) is 0 Å². The number of carbonyl (C=O) groups is 2. The van der Waals surface area contributed by atoms with Crippen molar-refractivity contribution < 1.29 is 9.59 Å². The molecule has 6 heteroatoms. The average molecular weight is 416 g/mol. The maximum absolute atomic E-state index is 13.2. The molecule has 4 aliphatic rings. The van der Waals surface area contributed by atoms with Crippen LogP contribution >= 0.6 is 11.3 Å². The molecule has 0 aromatic carbocycles. The molecule has 0 spiro atoms. The van der Waals surface area contributed by atoms with E-state index in [1.54, 1.807) is 6.20 Å². The van der Waals surface area contributed by atoms with Gasteiger partial charge in [-0.2, -0.15) is 0 Å². The maximum atomic E-state index is 13.2. The molecule has 5 nitrogen and oxygen atoms in total. The number of fused-ring (bicyclic) bond motifs is 4. The van der Waals surface area contributed by atoms with Gasteiger partial charge >= 0.3 is 0 Å². The van der Waals surface area contributed by atoms with E-state index in [1.165, 1.54) is 49.9 Å². The predicted octanol–water partition coefficient (Wildman–Crippen LogP) is 4.26. The fourth-order valence-corrected chi connectivity index (χ4v) is 7.37. The molecule has 0 unspecified atom stereocenters. The van der Waals surface area contributed by atoms with Gasteiger partial charge in [-0.25, -0.2) is 4.98 Å². The largest absolute Gasteiger partial charge is 0.337 e. The highest BCUT2D eigenvalue weighted by Crippen LogP contribution is 2.45. The van der Waals surface area contributed by atoms with Gasteiger partial charge in [-0.3, -0.25) is 9.59 Å². The highest BCUT2D eigenvalue weighted by molar-refractivity contribution is 7.13. The molecular formula is C23H33N3O2S. The summed E-state index contributed by atoms with van der Waals surface area (Å²) in [4.78, 5) is 35.7. The summed E-state index contributed by atoms with van der Waals surface area (Å²) in [7, 11) is 0. The minimum absolute atomic E-state index is 0.150. The summed E-state index contributed by atoms with van der Waals surface area (Å²) >= 11 is 1.50. The van der Waals surface area contributed by atoms with E-state index in [4.69, 9.17) is 0 Å². The van der Waals surface area contributed by atoms with Crippen LogP contribution in [0.4, 0.5) is 0 Å². The molecule has 4 heterocycles. The summed E-state index contributed by atoms with van der Waals surface area (Å²) in [6.45, 7) is 3.56. The topological polar surface area (TPSA) is 53.5 Å². The number of aryl methyl sites for hydroxylation is 1. The van der Waals surface area contributed by atoms with E-state index >= 15 is 0 Å². The second kappa shape index (κ2) is 8.01. The first kappa shape index (κ1) is 19.5. The lowest BCUT2D eigenvalue weighted by Crippen LogP contribution is -2.65. The lowest BCUT2D eigenvalue weighted by atomic mass is 9.69. The molecule has 1 aliphatic carbocycles. The fraction of sp³-hybridized carbons (Fsp3) is 0.783. The van der Waals surface area contributed by atoms with Gasteiger partial charge in [0.05, 0.1) is 11.2 Å². The summed E-state index contributed by atoms with van der Waals surface area (Å²) in [6, 6.07) is 0.686. The molecule has 0 N–H and O–H groups in total. The molecule has 4 atom stereocenters. The summed E-state index contributed by atoms with van der Waals surface area (Å²) in [5.41, 5.74) is 0. The zero-order chi connectivity index (χ0) is 20.0. The Balaban J connectivity index is 1.39. The molecule has 4 fully saturated rings. The molecule has 2 amide bonds. The molecule has 2 bridgehead atoms. The molecule has 1 saturated carbocycles. The first-order valence-electron chi connectivity index (χ1n) is 11.6. The van der Waals surface area contributed by atoms with Crippen molar-refractivity contribution in [2.45, 2.75) is 83.2 Å². The summed E-state index contributed by atoms with van der Waals surface area (Å²) in [6.07, 6.45) is 13.6. The highest BCUT2D eigenvalue weighted by atomic mass is 32.1. The SMILES string of the molecule is Cc1ncc(C(=O)N2C[C@H]3C[C@@H](C2)[C@H](CC2CCCCC2)N2C(=O)CCC[C@@H]32)s1. The van der Waals surface area contributed by atoms with Crippen LogP contribution in [0, 0.1) is 24.7 Å². The predicted molar refractivity (Wildman–Crippen MR) is 114 cm³/mol. The van der Waals surface area contributed by atoms with Crippen LogP contribution in [0.25, 0.3) is 0 Å². The number of hydrogen-bond donors (Lipinski definition) is 0. The highest BCUT2D eigenvalue weighted by Gasteiger charge is 2.50. The number of piperidine rings is 3. The van der Waals surface area contributed by atoms with Crippen molar-refractivity contribution in [2.24, 2.45) is 17.8 Å². The normalized spacial score (nSPS) is 32.9. The van der Waals surface area contributed by atoms with E-state index in [0.717, 1.165) is 54.6 Å². The smallest absolute Gasteiger partial charge is 0.265 e. The van der Waals surface area contributed by atoms with Crippen molar-refractivity contribution in [3.8, 4) is 0 Å². The van der Waals surface area contributed by atoms with Gasteiger partial charge < -0.3 is 9.80 Å². The number of likely N-dealkylation sites (tertiary alicyclic amines) is 1. The number of aromatic nitrogens is 1. The first-order chi connectivity index (χ1) is 14.1. The number of hydrogen-bond acceptors (Lipinski definition) is 4. The number of rotatable bonds is 3. The average Bonchev–Trinajstić information content (AvgIpc) is 3.17. The molecule has 1 aromatic rings. The van der Waals surface area contributed by atoms with Crippen molar-refractivity contribution in [3.05, 3.63) is 16.1 Å². The Hall–Kier alpha value is -1.43. The molecule has 29 heavy (non-hydrogen) atoms. The number of thiazole rings is 1. The van der Waals surface area contributed by atoms with Crippen LogP contribution in [0.15, 0.2) is 6.20 Å². The van der Waals surface area contributed by atoms with Crippen LogP contribution < -0.4 is 0 Å². The minimum Gasteiger partial charge on any atom is -0.337 e. The monoisotopic (exact) mass is 415 g/mol. The Bertz CT molecular complexity index is 772. The van der Waals surface area contributed by atoms with Gasteiger partial charge in [-0.15, -0.1) is 11.3 Å². The second-order valence-corrected chi connectivity index (χ2v) is 11.0. The minimum atomic E-state index is 0.150. The van der Waals surface area contributed by atoms with Gasteiger partial charge in [-0.1, -0.05) is 32.1 Å². The standard InChI is InChI=1S/C23H33N3O2S/c1-15-24-12-21(29-15)23(28)25-13-17-11-18(14-25)20(10-16-6-3-2-4-7-16)26-19(17)8-5-9-22(26)27/h12,16-20H,2-11,13-14H2,1H3/t17-,18+,19+,20+/m1/s1. The second-order valence-electron chi connectivity index (χ2n) is 9.78. The Morgan fingerprint density at radius 2 is 1.93 bits per heavy atom. The van der Waals surface area contributed by atoms with E-state index in [-0.39, 0.29) is 5.91 Å². The van der Waals surface area contributed by atoms with Crippen LogP contribution in [0.3, 0.4) is 0 Å². The van der Waals surface area contributed by atoms with Crippen LogP contribution in [0.1, 0.15) is 78.9 Å². The van der Waals surface area contributed by atoms with Crippen molar-refractivity contribution in [1.29, 1.82) is 0 Å². The first-order valence-corrected chi connectivity index (χ1v) is 12.4. The lowest BCUT2D eigenvalue weighted by molar-refractivity contribution is -0.153. The number of amides is 2. The maximum Gasteiger partial charge on any atom is 0.265 e. The number of nitrogens with zero attached hydrogens (tertiary/aromatic N) is 3. The van der Waals surface area contributed by atoms with Gasteiger partial charge in [0.15, 0.2) is 0 Å². The fourth-order valence-electron chi connectivity index (χ4n) is 6.62.